The normalized spacial score (nSPS) is 13.1. The molecule has 1 saturated heterocycles. The van der Waals surface area contributed by atoms with Crippen LogP contribution in [-0.2, 0) is 9.59 Å². The zero-order chi connectivity index (χ0) is 14.1. The van der Waals surface area contributed by atoms with Crippen LogP contribution in [-0.4, -0.2) is 57.7 Å². The number of hydrogen-bond donors (Lipinski definition) is 3. The van der Waals surface area contributed by atoms with Gasteiger partial charge in [0.1, 0.15) is 0 Å². The lowest BCUT2D eigenvalue weighted by atomic mass is 10.6. The molecule has 1 heterocycles. The molecule has 3 N–H and O–H groups in total. The first-order valence-electron chi connectivity index (χ1n) is 5.14. The van der Waals surface area contributed by atoms with Crippen molar-refractivity contribution in [2.24, 2.45) is 0 Å². The maximum atomic E-state index is 11.4. The highest BCUT2D eigenvalue weighted by molar-refractivity contribution is 6.27. The van der Waals surface area contributed by atoms with E-state index < -0.39 is 11.9 Å². The van der Waals surface area contributed by atoms with Crippen LogP contribution in [0, 0.1) is 12.0 Å². The van der Waals surface area contributed by atoms with E-state index in [9.17, 15) is 4.79 Å². The number of aliphatic carboxylic acids is 2. The van der Waals surface area contributed by atoms with Crippen LogP contribution in [0.3, 0.4) is 0 Å². The smallest absolute Gasteiger partial charge is 0.414 e. The summed E-state index contributed by atoms with van der Waals surface area (Å²) in [4.78, 5) is 31.3. The van der Waals surface area contributed by atoms with Crippen LogP contribution in [0.2, 0.25) is 0 Å². The Morgan fingerprint density at radius 2 is 1.89 bits per heavy atom. The minimum absolute atomic E-state index is 0.0141. The third kappa shape index (κ3) is 5.07. The molecule has 0 aromatic rings. The summed E-state index contributed by atoms with van der Waals surface area (Å²) in [5, 5.41) is 16.3. The van der Waals surface area contributed by atoms with Gasteiger partial charge in [0, 0.05) is 19.1 Å². The van der Waals surface area contributed by atoms with E-state index in [1.54, 1.807) is 11.8 Å². The van der Waals surface area contributed by atoms with Gasteiger partial charge in [-0.15, -0.1) is 0 Å². The summed E-state index contributed by atoms with van der Waals surface area (Å²) in [7, 11) is 0. The summed E-state index contributed by atoms with van der Waals surface area (Å²) in [6.07, 6.45) is 0. The fourth-order valence-electron chi connectivity index (χ4n) is 1.10. The van der Waals surface area contributed by atoms with Gasteiger partial charge in [-0.3, -0.25) is 5.43 Å². The fraction of sp³-hybridized carbons (Fsp3) is 0.500. The van der Waals surface area contributed by atoms with Crippen molar-refractivity contribution in [1.29, 1.82) is 0 Å². The predicted molar refractivity (Wildman–Crippen MR) is 61.2 cm³/mol. The van der Waals surface area contributed by atoms with Crippen LogP contribution < -0.4 is 5.43 Å². The van der Waals surface area contributed by atoms with Gasteiger partial charge in [-0.05, 0) is 13.8 Å². The average molecular weight is 257 g/mol. The molecular formula is C10H15N3O5. The van der Waals surface area contributed by atoms with Crippen molar-refractivity contribution in [2.75, 3.05) is 19.6 Å². The van der Waals surface area contributed by atoms with Gasteiger partial charge in [0.2, 0.25) is 0 Å². The molecule has 0 saturated carbocycles. The molecule has 1 fully saturated rings. The molecule has 0 aromatic carbocycles. The van der Waals surface area contributed by atoms with Crippen LogP contribution in [0.4, 0.5) is 4.79 Å². The van der Waals surface area contributed by atoms with Gasteiger partial charge in [0.25, 0.3) is 0 Å². The van der Waals surface area contributed by atoms with E-state index >= 15 is 0 Å². The summed E-state index contributed by atoms with van der Waals surface area (Å²) in [5.41, 5.74) is 2.73. The number of rotatable bonds is 2. The maximum absolute atomic E-state index is 11.4. The summed E-state index contributed by atoms with van der Waals surface area (Å²) >= 11 is 0. The van der Waals surface area contributed by atoms with E-state index in [0.29, 0.717) is 6.54 Å². The van der Waals surface area contributed by atoms with Gasteiger partial charge in [0.05, 0.1) is 6.54 Å². The minimum Gasteiger partial charge on any atom is -0.473 e. The quantitative estimate of drug-likeness (QED) is 0.345. The van der Waals surface area contributed by atoms with Crippen LogP contribution in [0.5, 0.6) is 0 Å². The number of carboxylic acids is 2. The van der Waals surface area contributed by atoms with Crippen LogP contribution in [0.25, 0.3) is 0 Å². The van der Waals surface area contributed by atoms with Crippen molar-refractivity contribution in [2.45, 2.75) is 13.8 Å². The second kappa shape index (κ2) is 7.78. The van der Waals surface area contributed by atoms with E-state index in [0.717, 1.165) is 13.1 Å². The SMILES string of the molecule is CC#CNN1CCN(CC)C1=O.O=C(O)C(=O)O. The molecule has 0 aliphatic carbocycles. The van der Waals surface area contributed by atoms with Gasteiger partial charge in [0.15, 0.2) is 0 Å². The largest absolute Gasteiger partial charge is 0.473 e. The number of carbonyl (C=O) groups excluding carboxylic acids is 1. The van der Waals surface area contributed by atoms with Crippen LogP contribution in [0.15, 0.2) is 0 Å². The van der Waals surface area contributed by atoms with E-state index in [1.807, 2.05) is 6.92 Å². The zero-order valence-electron chi connectivity index (χ0n) is 10.1. The number of nitrogens with one attached hydrogen (secondary N) is 1. The Labute approximate surface area is 104 Å². The molecule has 0 atom stereocenters. The number of carbonyl (C=O) groups is 3. The first-order valence-corrected chi connectivity index (χ1v) is 5.14. The monoisotopic (exact) mass is 257 g/mol. The first-order chi connectivity index (χ1) is 8.43. The summed E-state index contributed by atoms with van der Waals surface area (Å²) < 4.78 is 0. The van der Waals surface area contributed by atoms with Gasteiger partial charge in [-0.1, -0.05) is 5.92 Å². The van der Waals surface area contributed by atoms with Crippen molar-refractivity contribution in [3.8, 4) is 12.0 Å². The highest BCUT2D eigenvalue weighted by Crippen LogP contribution is 2.03. The molecule has 1 rings (SSSR count). The third-order valence-corrected chi connectivity index (χ3v) is 1.98. The van der Waals surface area contributed by atoms with E-state index in [4.69, 9.17) is 19.8 Å². The van der Waals surface area contributed by atoms with Crippen molar-refractivity contribution >= 4 is 18.0 Å². The molecule has 0 radical (unpaired) electrons. The molecule has 0 unspecified atom stereocenters. The van der Waals surface area contributed by atoms with E-state index in [2.05, 4.69) is 17.4 Å². The standard InChI is InChI=1S/C8H13N3O.C2H2O4/c1-3-5-9-11-7-6-10(4-2)8(11)12;3-1(4)2(5)6/h9H,4,6-7H2,1-2H3;(H,3,4)(H,5,6). The Balaban J connectivity index is 0.000000411. The number of hydrogen-bond acceptors (Lipinski definition) is 4. The zero-order valence-corrected chi connectivity index (χ0v) is 10.1. The van der Waals surface area contributed by atoms with Crippen molar-refractivity contribution in [3.63, 3.8) is 0 Å². The molecule has 8 heteroatoms. The molecule has 1 aliphatic heterocycles. The molecule has 0 spiro atoms. The fourth-order valence-corrected chi connectivity index (χ4v) is 1.10. The van der Waals surface area contributed by atoms with Crippen molar-refractivity contribution in [1.82, 2.24) is 15.3 Å². The Bertz CT molecular complexity index is 373. The van der Waals surface area contributed by atoms with Gasteiger partial charge in [-0.2, -0.15) is 0 Å². The number of nitrogens with zero attached hydrogens (tertiary/aromatic N) is 2. The second-order valence-corrected chi connectivity index (χ2v) is 3.11. The molecule has 100 valence electrons. The number of carboxylic acid groups (broad SMARTS) is 2. The third-order valence-electron chi connectivity index (χ3n) is 1.98. The Morgan fingerprint density at radius 3 is 2.22 bits per heavy atom. The lowest BCUT2D eigenvalue weighted by Crippen LogP contribution is -2.38. The number of hydrazine groups is 1. The number of urea groups is 1. The molecular weight excluding hydrogens is 242 g/mol. The van der Waals surface area contributed by atoms with Gasteiger partial charge >= 0.3 is 18.0 Å². The lowest BCUT2D eigenvalue weighted by molar-refractivity contribution is -0.159. The molecule has 2 amide bonds. The van der Waals surface area contributed by atoms with E-state index in [-0.39, 0.29) is 6.03 Å². The van der Waals surface area contributed by atoms with Gasteiger partial charge < -0.3 is 15.1 Å². The first kappa shape index (κ1) is 15.6. The molecule has 1 aliphatic rings. The summed E-state index contributed by atoms with van der Waals surface area (Å²) in [6, 6.07) is 2.66. The maximum Gasteiger partial charge on any atom is 0.414 e. The average Bonchev–Trinajstić information content (AvgIpc) is 2.68. The number of amides is 2. The second-order valence-electron chi connectivity index (χ2n) is 3.11. The van der Waals surface area contributed by atoms with Gasteiger partial charge in [-0.25, -0.2) is 19.4 Å². The number of likely N-dealkylation sites (N-methyl/N-ethyl adjacent to an activating group) is 1. The molecule has 8 nitrogen and oxygen atoms in total. The summed E-state index contributed by atoms with van der Waals surface area (Å²) in [6.45, 7) is 5.95. The minimum atomic E-state index is -1.82. The lowest BCUT2D eigenvalue weighted by Gasteiger charge is -2.14. The molecule has 0 aromatic heterocycles. The Kier molecular flexibility index (Phi) is 6.73. The predicted octanol–water partition coefficient (Wildman–Crippen LogP) is -0.615. The van der Waals surface area contributed by atoms with Crippen LogP contribution in [0.1, 0.15) is 13.8 Å². The van der Waals surface area contributed by atoms with Crippen LogP contribution >= 0.6 is 0 Å². The van der Waals surface area contributed by atoms with E-state index in [1.165, 1.54) is 5.01 Å². The highest BCUT2D eigenvalue weighted by Gasteiger charge is 2.26. The topological polar surface area (TPSA) is 110 Å². The summed E-state index contributed by atoms with van der Waals surface area (Å²) in [5.74, 6) is -0.974. The molecule has 0 bridgehead atoms. The Hall–Kier alpha value is -2.43. The Morgan fingerprint density at radius 1 is 1.33 bits per heavy atom. The molecule has 18 heavy (non-hydrogen) atoms. The highest BCUT2D eigenvalue weighted by atomic mass is 16.4. The van der Waals surface area contributed by atoms with Crippen molar-refractivity contribution in [3.05, 3.63) is 0 Å². The van der Waals surface area contributed by atoms with Crippen molar-refractivity contribution < 1.29 is 24.6 Å².